The van der Waals surface area contributed by atoms with Crippen LogP contribution in [0.4, 0.5) is 0 Å². The number of fused-ring (bicyclic) bond motifs is 4. The van der Waals surface area contributed by atoms with Crippen LogP contribution in [0.5, 0.6) is 0 Å². The minimum atomic E-state index is 0.931. The quantitative estimate of drug-likeness (QED) is 0.244. The highest BCUT2D eigenvalue weighted by Crippen LogP contribution is 2.38. The third-order valence-electron chi connectivity index (χ3n) is 5.78. The highest BCUT2D eigenvalue weighted by molar-refractivity contribution is 9.10. The Bertz CT molecular complexity index is 1590. The van der Waals surface area contributed by atoms with Gasteiger partial charge in [-0.1, -0.05) is 94.8 Å². The van der Waals surface area contributed by atoms with E-state index in [0.717, 1.165) is 37.5 Å². The van der Waals surface area contributed by atoms with E-state index in [-0.39, 0.29) is 0 Å². The van der Waals surface area contributed by atoms with Crippen LogP contribution in [-0.2, 0) is 0 Å². The Morgan fingerprint density at radius 2 is 1.39 bits per heavy atom. The maximum atomic E-state index is 5.16. The molecule has 0 aliphatic rings. The number of pyridine rings is 2. The molecule has 6 rings (SSSR count). The molecule has 0 unspecified atom stereocenters. The van der Waals surface area contributed by atoms with E-state index < -0.39 is 0 Å². The minimum absolute atomic E-state index is 0.931. The van der Waals surface area contributed by atoms with Crippen molar-refractivity contribution in [3.8, 4) is 22.4 Å². The van der Waals surface area contributed by atoms with Gasteiger partial charge in [0.2, 0.25) is 0 Å². The van der Waals surface area contributed by atoms with Crippen molar-refractivity contribution < 1.29 is 0 Å². The van der Waals surface area contributed by atoms with Gasteiger partial charge < -0.3 is 0 Å². The monoisotopic (exact) mass is 460 g/mol. The zero-order valence-electron chi connectivity index (χ0n) is 16.6. The summed E-state index contributed by atoms with van der Waals surface area (Å²) >= 11 is 3.70. The molecule has 0 saturated heterocycles. The third kappa shape index (κ3) is 3.01. The Hall–Kier alpha value is -3.56. The fourth-order valence-corrected chi connectivity index (χ4v) is 4.79. The standard InChI is InChI=1S/C28H17BrN2/c29-25-15-14-22(20-10-4-5-11-21(20)25)26-17-24(18-7-2-1-3-8-18)23-13-12-19-9-6-16-30-27(19)28(23)31-26/h1-17H. The third-order valence-corrected chi connectivity index (χ3v) is 6.47. The summed E-state index contributed by atoms with van der Waals surface area (Å²) in [4.78, 5) is 9.85. The average Bonchev–Trinajstić information content (AvgIpc) is 2.84. The molecule has 2 heterocycles. The number of aromatic nitrogens is 2. The van der Waals surface area contributed by atoms with E-state index in [1.54, 1.807) is 0 Å². The lowest BCUT2D eigenvalue weighted by molar-refractivity contribution is 1.37. The van der Waals surface area contributed by atoms with Gasteiger partial charge in [-0.05, 0) is 40.1 Å². The summed E-state index contributed by atoms with van der Waals surface area (Å²) in [5, 5.41) is 4.57. The molecule has 4 aromatic carbocycles. The van der Waals surface area contributed by atoms with Crippen LogP contribution in [0, 0.1) is 0 Å². The lowest BCUT2D eigenvalue weighted by Crippen LogP contribution is -1.93. The van der Waals surface area contributed by atoms with Gasteiger partial charge in [0, 0.05) is 27.0 Å². The van der Waals surface area contributed by atoms with Crippen molar-refractivity contribution >= 4 is 48.5 Å². The molecule has 0 bridgehead atoms. The number of nitrogens with zero attached hydrogens (tertiary/aromatic N) is 2. The summed E-state index contributed by atoms with van der Waals surface area (Å²) in [5.74, 6) is 0. The molecule has 2 nitrogen and oxygen atoms in total. The second-order valence-corrected chi connectivity index (χ2v) is 8.45. The maximum Gasteiger partial charge on any atom is 0.0978 e. The van der Waals surface area contributed by atoms with E-state index in [4.69, 9.17) is 4.98 Å². The van der Waals surface area contributed by atoms with Crippen LogP contribution >= 0.6 is 15.9 Å². The Kier molecular flexibility index (Phi) is 4.29. The minimum Gasteiger partial charge on any atom is -0.254 e. The van der Waals surface area contributed by atoms with Gasteiger partial charge in [0.15, 0.2) is 0 Å². The highest BCUT2D eigenvalue weighted by atomic mass is 79.9. The fourth-order valence-electron chi connectivity index (χ4n) is 4.31. The van der Waals surface area contributed by atoms with Crippen molar-refractivity contribution in [3.05, 3.63) is 108 Å². The number of hydrogen-bond acceptors (Lipinski definition) is 2. The molecule has 0 aliphatic heterocycles. The van der Waals surface area contributed by atoms with Crippen molar-refractivity contribution in [2.24, 2.45) is 0 Å². The predicted octanol–water partition coefficient (Wildman–Crippen LogP) is 8.03. The topological polar surface area (TPSA) is 25.8 Å². The first-order chi connectivity index (χ1) is 15.3. The second kappa shape index (κ2) is 7.29. The van der Waals surface area contributed by atoms with Crippen molar-refractivity contribution in [1.29, 1.82) is 0 Å². The summed E-state index contributed by atoms with van der Waals surface area (Å²) < 4.78 is 1.09. The van der Waals surface area contributed by atoms with E-state index >= 15 is 0 Å². The van der Waals surface area contributed by atoms with E-state index in [2.05, 4.69) is 106 Å². The van der Waals surface area contributed by atoms with Crippen molar-refractivity contribution in [2.75, 3.05) is 0 Å². The maximum absolute atomic E-state index is 5.16. The first kappa shape index (κ1) is 18.2. The van der Waals surface area contributed by atoms with Crippen LogP contribution in [0.3, 0.4) is 0 Å². The first-order valence-corrected chi connectivity index (χ1v) is 11.0. The van der Waals surface area contributed by atoms with E-state index in [1.165, 1.54) is 21.9 Å². The zero-order chi connectivity index (χ0) is 20.8. The molecular formula is C28H17BrN2. The van der Waals surface area contributed by atoms with E-state index in [9.17, 15) is 0 Å². The molecule has 6 aromatic rings. The molecule has 0 fully saturated rings. The van der Waals surface area contributed by atoms with Crippen molar-refractivity contribution in [3.63, 3.8) is 0 Å². The van der Waals surface area contributed by atoms with Crippen LogP contribution in [0.1, 0.15) is 0 Å². The summed E-state index contributed by atoms with van der Waals surface area (Å²) in [7, 11) is 0. The molecular weight excluding hydrogens is 444 g/mol. The molecule has 0 N–H and O–H groups in total. The van der Waals surface area contributed by atoms with Gasteiger partial charge >= 0.3 is 0 Å². The lowest BCUT2D eigenvalue weighted by atomic mass is 9.95. The van der Waals surface area contributed by atoms with Gasteiger partial charge in [-0.2, -0.15) is 0 Å². The van der Waals surface area contributed by atoms with Gasteiger partial charge in [0.05, 0.1) is 16.7 Å². The molecule has 0 saturated carbocycles. The lowest BCUT2D eigenvalue weighted by Gasteiger charge is -2.14. The smallest absolute Gasteiger partial charge is 0.0978 e. The fraction of sp³-hybridized carbons (Fsp3) is 0. The number of hydrogen-bond donors (Lipinski definition) is 0. The molecule has 0 atom stereocenters. The first-order valence-electron chi connectivity index (χ1n) is 10.2. The zero-order valence-corrected chi connectivity index (χ0v) is 18.2. The Morgan fingerprint density at radius 1 is 0.581 bits per heavy atom. The summed E-state index contributed by atoms with van der Waals surface area (Å²) in [5.41, 5.74) is 6.27. The second-order valence-electron chi connectivity index (χ2n) is 7.60. The van der Waals surface area contributed by atoms with Gasteiger partial charge in [-0.3, -0.25) is 4.98 Å². The Balaban J connectivity index is 1.76. The van der Waals surface area contributed by atoms with Gasteiger partial charge in [0.1, 0.15) is 0 Å². The van der Waals surface area contributed by atoms with E-state index in [0.29, 0.717) is 0 Å². The van der Waals surface area contributed by atoms with Gasteiger partial charge in [-0.15, -0.1) is 0 Å². The van der Waals surface area contributed by atoms with Crippen molar-refractivity contribution in [1.82, 2.24) is 9.97 Å². The summed E-state index contributed by atoms with van der Waals surface area (Å²) in [6.45, 7) is 0. The highest BCUT2D eigenvalue weighted by Gasteiger charge is 2.14. The Morgan fingerprint density at radius 3 is 2.26 bits per heavy atom. The van der Waals surface area contributed by atoms with Gasteiger partial charge in [0.25, 0.3) is 0 Å². The molecule has 2 aromatic heterocycles. The van der Waals surface area contributed by atoms with Crippen molar-refractivity contribution in [2.45, 2.75) is 0 Å². The number of benzene rings is 4. The SMILES string of the molecule is Brc1ccc(-c2cc(-c3ccccc3)c3ccc4cccnc4c3n2)c2ccccc12. The molecule has 3 heteroatoms. The van der Waals surface area contributed by atoms with E-state index in [1.807, 2.05) is 18.3 Å². The largest absolute Gasteiger partial charge is 0.254 e. The Labute approximate surface area is 188 Å². The molecule has 31 heavy (non-hydrogen) atoms. The molecule has 0 aliphatic carbocycles. The average molecular weight is 461 g/mol. The van der Waals surface area contributed by atoms with Crippen LogP contribution in [0.15, 0.2) is 108 Å². The predicted molar refractivity (Wildman–Crippen MR) is 133 cm³/mol. The van der Waals surface area contributed by atoms with Crippen LogP contribution in [0.25, 0.3) is 55.0 Å². The van der Waals surface area contributed by atoms with Crippen LogP contribution in [0.2, 0.25) is 0 Å². The van der Waals surface area contributed by atoms with Crippen LogP contribution < -0.4 is 0 Å². The summed E-state index contributed by atoms with van der Waals surface area (Å²) in [6, 6.07) is 33.8. The molecule has 0 amide bonds. The molecule has 0 radical (unpaired) electrons. The molecule has 146 valence electrons. The van der Waals surface area contributed by atoms with Crippen LogP contribution in [-0.4, -0.2) is 9.97 Å². The summed E-state index contributed by atoms with van der Waals surface area (Å²) in [6.07, 6.45) is 1.84. The normalized spacial score (nSPS) is 11.4. The molecule has 0 spiro atoms. The number of halogens is 1. The van der Waals surface area contributed by atoms with Gasteiger partial charge in [-0.25, -0.2) is 4.98 Å². The number of rotatable bonds is 2.